The first-order chi connectivity index (χ1) is 13.1. The third-order valence-corrected chi connectivity index (χ3v) is 4.53. The second kappa shape index (κ2) is 8.35. The molecule has 0 aliphatic heterocycles. The highest BCUT2D eigenvalue weighted by Crippen LogP contribution is 2.32. The van der Waals surface area contributed by atoms with Crippen molar-refractivity contribution < 1.29 is 19.1 Å². The van der Waals surface area contributed by atoms with Gasteiger partial charge in [-0.1, -0.05) is 34.1 Å². The fourth-order valence-corrected chi connectivity index (χ4v) is 3.15. The molecule has 6 nitrogen and oxygen atoms in total. The summed E-state index contributed by atoms with van der Waals surface area (Å²) < 4.78 is 13.0. The van der Waals surface area contributed by atoms with Gasteiger partial charge in [-0.15, -0.1) is 0 Å². The number of esters is 2. The Morgan fingerprint density at radius 1 is 1.04 bits per heavy atom. The molecule has 0 spiro atoms. The maximum Gasteiger partial charge on any atom is 0.326 e. The van der Waals surface area contributed by atoms with E-state index in [1.54, 1.807) is 24.4 Å². The lowest BCUT2D eigenvalue weighted by atomic mass is 10.00. The van der Waals surface area contributed by atoms with Gasteiger partial charge in [-0.25, -0.2) is 4.98 Å². The molecule has 3 rings (SSSR count). The molecule has 3 aromatic rings. The largest absolute Gasteiger partial charge is 0.465 e. The van der Waals surface area contributed by atoms with Crippen LogP contribution in [0.25, 0.3) is 16.9 Å². The minimum absolute atomic E-state index is 0.166. The Kier molecular flexibility index (Phi) is 5.91. The van der Waals surface area contributed by atoms with E-state index < -0.39 is 17.9 Å². The Morgan fingerprint density at radius 3 is 2.26 bits per heavy atom. The molecule has 1 aromatic carbocycles. The zero-order chi connectivity index (χ0) is 19.4. The highest BCUT2D eigenvalue weighted by atomic mass is 79.9. The van der Waals surface area contributed by atoms with Gasteiger partial charge in [0.1, 0.15) is 5.65 Å². The van der Waals surface area contributed by atoms with E-state index >= 15 is 0 Å². The average Bonchev–Trinajstić information content (AvgIpc) is 3.02. The minimum atomic E-state index is -1.22. The first kappa shape index (κ1) is 19.1. The molecule has 0 amide bonds. The average molecular weight is 431 g/mol. The summed E-state index contributed by atoms with van der Waals surface area (Å²) in [6, 6.07) is 13.0. The van der Waals surface area contributed by atoms with E-state index in [1.165, 1.54) is 0 Å². The molecule has 140 valence electrons. The minimum Gasteiger partial charge on any atom is -0.465 e. The third-order valence-electron chi connectivity index (χ3n) is 4.00. The van der Waals surface area contributed by atoms with Crippen molar-refractivity contribution in [3.8, 4) is 11.3 Å². The Hall–Kier alpha value is -2.67. The molecule has 0 unspecified atom stereocenters. The summed E-state index contributed by atoms with van der Waals surface area (Å²) in [5.74, 6) is -2.53. The SMILES string of the molecule is CCOC(=O)C(C(=O)OCC)c1c(-c2ccc(Br)cc2)nc2ccccn12. The molecule has 0 radical (unpaired) electrons. The van der Waals surface area contributed by atoms with Gasteiger partial charge in [0.2, 0.25) is 0 Å². The van der Waals surface area contributed by atoms with Crippen molar-refractivity contribution in [1.82, 2.24) is 9.38 Å². The summed E-state index contributed by atoms with van der Waals surface area (Å²) in [6.45, 7) is 3.73. The smallest absolute Gasteiger partial charge is 0.326 e. The van der Waals surface area contributed by atoms with Crippen molar-refractivity contribution in [3.05, 3.63) is 58.8 Å². The van der Waals surface area contributed by atoms with Crippen LogP contribution in [0.5, 0.6) is 0 Å². The Bertz CT molecular complexity index is 948. The molecular weight excluding hydrogens is 412 g/mol. The van der Waals surface area contributed by atoms with Gasteiger partial charge in [-0.05, 0) is 38.1 Å². The summed E-state index contributed by atoms with van der Waals surface area (Å²) in [4.78, 5) is 30.0. The lowest BCUT2D eigenvalue weighted by Crippen LogP contribution is -2.27. The number of benzene rings is 1. The van der Waals surface area contributed by atoms with Gasteiger partial charge >= 0.3 is 11.9 Å². The number of aromatic nitrogens is 2. The molecule has 0 atom stereocenters. The van der Waals surface area contributed by atoms with E-state index in [9.17, 15) is 9.59 Å². The zero-order valence-corrected chi connectivity index (χ0v) is 16.6. The van der Waals surface area contributed by atoms with Crippen LogP contribution in [0.3, 0.4) is 0 Å². The standard InChI is InChI=1S/C20H19BrN2O4/c1-3-26-19(24)16(20(25)27-4-2)18-17(13-8-10-14(21)11-9-13)22-15-7-5-6-12-23(15)18/h5-12,16H,3-4H2,1-2H3. The Morgan fingerprint density at radius 2 is 1.67 bits per heavy atom. The van der Waals surface area contributed by atoms with E-state index in [2.05, 4.69) is 20.9 Å². The molecular formula is C20H19BrN2O4. The molecule has 0 N–H and O–H groups in total. The third kappa shape index (κ3) is 3.88. The zero-order valence-electron chi connectivity index (χ0n) is 15.0. The van der Waals surface area contributed by atoms with Crippen molar-refractivity contribution in [2.45, 2.75) is 19.8 Å². The van der Waals surface area contributed by atoms with Crippen molar-refractivity contribution in [2.24, 2.45) is 0 Å². The van der Waals surface area contributed by atoms with Gasteiger partial charge in [0.05, 0.1) is 24.6 Å². The predicted molar refractivity (Wildman–Crippen MR) is 104 cm³/mol. The van der Waals surface area contributed by atoms with E-state index in [-0.39, 0.29) is 13.2 Å². The predicted octanol–water partition coefficient (Wildman–Crippen LogP) is 3.97. The molecule has 2 aromatic heterocycles. The van der Waals surface area contributed by atoms with Gasteiger partial charge < -0.3 is 13.9 Å². The topological polar surface area (TPSA) is 69.9 Å². The van der Waals surface area contributed by atoms with Gasteiger partial charge in [-0.2, -0.15) is 0 Å². The number of pyridine rings is 1. The van der Waals surface area contributed by atoms with Gasteiger partial charge in [0, 0.05) is 16.2 Å². The number of carbonyl (C=O) groups excluding carboxylic acids is 2. The van der Waals surface area contributed by atoms with E-state index in [0.717, 1.165) is 10.0 Å². The number of ether oxygens (including phenoxy) is 2. The molecule has 0 bridgehead atoms. The molecule has 0 saturated carbocycles. The first-order valence-electron chi connectivity index (χ1n) is 8.63. The van der Waals surface area contributed by atoms with Crippen LogP contribution >= 0.6 is 15.9 Å². The van der Waals surface area contributed by atoms with Crippen LogP contribution in [0.15, 0.2) is 53.1 Å². The number of nitrogens with zero attached hydrogens (tertiary/aromatic N) is 2. The van der Waals surface area contributed by atoms with Gasteiger partial charge in [-0.3, -0.25) is 9.59 Å². The summed E-state index contributed by atoms with van der Waals surface area (Å²) in [6.07, 6.45) is 1.77. The maximum absolute atomic E-state index is 12.7. The maximum atomic E-state index is 12.7. The van der Waals surface area contributed by atoms with Gasteiger partial charge in [0.25, 0.3) is 0 Å². The van der Waals surface area contributed by atoms with Crippen molar-refractivity contribution >= 4 is 33.5 Å². The van der Waals surface area contributed by atoms with Crippen LogP contribution in [0.1, 0.15) is 25.5 Å². The van der Waals surface area contributed by atoms with Crippen LogP contribution in [0, 0.1) is 0 Å². The quantitative estimate of drug-likeness (QED) is 0.436. The van der Waals surface area contributed by atoms with E-state index in [0.29, 0.717) is 17.0 Å². The number of halogens is 1. The second-order valence-corrected chi connectivity index (χ2v) is 6.63. The van der Waals surface area contributed by atoms with Crippen LogP contribution in [0.4, 0.5) is 0 Å². The number of rotatable bonds is 6. The number of imidazole rings is 1. The summed E-state index contributed by atoms with van der Waals surface area (Å²) in [5, 5.41) is 0. The number of carbonyl (C=O) groups is 2. The van der Waals surface area contributed by atoms with Crippen molar-refractivity contribution in [3.63, 3.8) is 0 Å². The number of hydrogen-bond donors (Lipinski definition) is 0. The monoisotopic (exact) mass is 430 g/mol. The summed E-state index contributed by atoms with van der Waals surface area (Å²) in [5.41, 5.74) is 2.39. The first-order valence-corrected chi connectivity index (χ1v) is 9.42. The van der Waals surface area contributed by atoms with E-state index in [1.807, 2.05) is 42.5 Å². The summed E-state index contributed by atoms with van der Waals surface area (Å²) in [7, 11) is 0. The highest BCUT2D eigenvalue weighted by molar-refractivity contribution is 9.10. The van der Waals surface area contributed by atoms with Crippen molar-refractivity contribution in [2.75, 3.05) is 13.2 Å². The highest BCUT2D eigenvalue weighted by Gasteiger charge is 2.37. The van der Waals surface area contributed by atoms with Crippen LogP contribution in [0.2, 0.25) is 0 Å². The number of hydrogen-bond acceptors (Lipinski definition) is 5. The Labute approximate surface area is 165 Å². The fraction of sp³-hybridized carbons (Fsp3) is 0.250. The molecule has 0 fully saturated rings. The molecule has 2 heterocycles. The van der Waals surface area contributed by atoms with Crippen molar-refractivity contribution in [1.29, 1.82) is 0 Å². The van der Waals surface area contributed by atoms with Crippen LogP contribution in [-0.4, -0.2) is 34.5 Å². The molecule has 7 heteroatoms. The molecule has 0 aliphatic rings. The summed E-state index contributed by atoms with van der Waals surface area (Å²) >= 11 is 3.41. The lowest BCUT2D eigenvalue weighted by Gasteiger charge is -2.16. The number of fused-ring (bicyclic) bond motifs is 1. The normalized spacial score (nSPS) is 11.0. The second-order valence-electron chi connectivity index (χ2n) is 5.72. The molecule has 0 saturated heterocycles. The Balaban J connectivity index is 2.25. The molecule has 27 heavy (non-hydrogen) atoms. The van der Waals surface area contributed by atoms with Crippen LogP contribution in [-0.2, 0) is 19.1 Å². The lowest BCUT2D eigenvalue weighted by molar-refractivity contribution is -0.157. The van der Waals surface area contributed by atoms with Gasteiger partial charge in [0.15, 0.2) is 5.92 Å². The van der Waals surface area contributed by atoms with Crippen LogP contribution < -0.4 is 0 Å². The fourth-order valence-electron chi connectivity index (χ4n) is 2.88. The van der Waals surface area contributed by atoms with E-state index in [4.69, 9.17) is 9.47 Å². The molecule has 0 aliphatic carbocycles.